The van der Waals surface area contributed by atoms with Crippen molar-refractivity contribution in [3.8, 4) is 17.0 Å². The van der Waals surface area contributed by atoms with Gasteiger partial charge in [-0.1, -0.05) is 0 Å². The third-order valence-electron chi connectivity index (χ3n) is 5.84. The number of hydrogen-bond acceptors (Lipinski definition) is 6. The Hall–Kier alpha value is -2.93. The standard InChI is InChI=1S/C21H23N5O2/c1-12-18(16-6-7-17-15(20(16)27)8-10-28-17)23-24-21-19(12)22-13(2)26(21)14-5-4-9-25(3)11-14/h6-8,10,14,27H,4-5,9,11H2,1-3H3/t14-/m1/s1. The van der Waals surface area contributed by atoms with Crippen molar-refractivity contribution in [2.24, 2.45) is 0 Å². The van der Waals surface area contributed by atoms with Crippen LogP contribution in [0.4, 0.5) is 0 Å². The number of piperidine rings is 1. The number of nitrogens with zero attached hydrogens (tertiary/aromatic N) is 5. The van der Waals surface area contributed by atoms with Crippen LogP contribution in [-0.4, -0.2) is 49.9 Å². The molecule has 1 saturated heterocycles. The van der Waals surface area contributed by atoms with Crippen LogP contribution in [0.5, 0.6) is 5.75 Å². The number of aromatic nitrogens is 4. The maximum atomic E-state index is 10.7. The zero-order chi connectivity index (χ0) is 19.4. The summed E-state index contributed by atoms with van der Waals surface area (Å²) in [6.07, 6.45) is 3.86. The van der Waals surface area contributed by atoms with Gasteiger partial charge in [0.15, 0.2) is 5.65 Å². The molecule has 0 saturated carbocycles. The van der Waals surface area contributed by atoms with E-state index in [1.807, 2.05) is 26.0 Å². The summed E-state index contributed by atoms with van der Waals surface area (Å²) in [5, 5.41) is 20.4. The summed E-state index contributed by atoms with van der Waals surface area (Å²) >= 11 is 0. The Morgan fingerprint density at radius 3 is 2.86 bits per heavy atom. The van der Waals surface area contributed by atoms with Crippen molar-refractivity contribution in [1.29, 1.82) is 0 Å². The monoisotopic (exact) mass is 377 g/mol. The van der Waals surface area contributed by atoms with Gasteiger partial charge in [0.25, 0.3) is 0 Å². The number of aryl methyl sites for hydroxylation is 2. The Morgan fingerprint density at radius 1 is 1.18 bits per heavy atom. The van der Waals surface area contributed by atoms with Crippen molar-refractivity contribution in [2.45, 2.75) is 32.7 Å². The summed E-state index contributed by atoms with van der Waals surface area (Å²) in [5.74, 6) is 1.12. The van der Waals surface area contributed by atoms with Crippen molar-refractivity contribution in [1.82, 2.24) is 24.6 Å². The molecule has 7 nitrogen and oxygen atoms in total. The number of furan rings is 1. The predicted octanol–water partition coefficient (Wildman–Crippen LogP) is 3.83. The summed E-state index contributed by atoms with van der Waals surface area (Å²) < 4.78 is 7.60. The summed E-state index contributed by atoms with van der Waals surface area (Å²) in [6.45, 7) is 6.15. The number of aromatic hydroxyl groups is 1. The molecule has 4 aromatic rings. The smallest absolute Gasteiger partial charge is 0.183 e. The highest BCUT2D eigenvalue weighted by atomic mass is 16.3. The molecule has 1 aliphatic rings. The van der Waals surface area contributed by atoms with Crippen molar-refractivity contribution < 1.29 is 9.52 Å². The molecule has 1 fully saturated rings. The summed E-state index contributed by atoms with van der Waals surface area (Å²) in [4.78, 5) is 7.18. The molecule has 7 heteroatoms. The minimum atomic E-state index is 0.160. The molecule has 0 radical (unpaired) electrons. The first-order valence-corrected chi connectivity index (χ1v) is 9.64. The fourth-order valence-electron chi connectivity index (χ4n) is 4.43. The number of likely N-dealkylation sites (tertiary alicyclic amines) is 1. The number of imidazole rings is 1. The first-order chi connectivity index (χ1) is 13.5. The van der Waals surface area contributed by atoms with Crippen molar-refractivity contribution in [2.75, 3.05) is 20.1 Å². The molecule has 1 aromatic carbocycles. The molecule has 144 valence electrons. The van der Waals surface area contributed by atoms with E-state index in [0.29, 0.717) is 28.3 Å². The van der Waals surface area contributed by atoms with Gasteiger partial charge in [-0.3, -0.25) is 0 Å². The molecule has 0 spiro atoms. The SMILES string of the molecule is Cc1c(-c2ccc3occc3c2O)nnc2c1nc(C)n2[C@@H]1CCCN(C)C1. The molecule has 0 amide bonds. The van der Waals surface area contributed by atoms with Gasteiger partial charge < -0.3 is 19.0 Å². The lowest BCUT2D eigenvalue weighted by molar-refractivity contribution is 0.212. The average Bonchev–Trinajstić information content (AvgIpc) is 3.28. The summed E-state index contributed by atoms with van der Waals surface area (Å²) in [7, 11) is 2.16. The van der Waals surface area contributed by atoms with Crippen LogP contribution in [0.3, 0.4) is 0 Å². The van der Waals surface area contributed by atoms with Crippen LogP contribution in [0, 0.1) is 13.8 Å². The van der Waals surface area contributed by atoms with Crippen LogP contribution < -0.4 is 0 Å². The van der Waals surface area contributed by atoms with Crippen LogP contribution in [0.1, 0.15) is 30.3 Å². The second-order valence-corrected chi connectivity index (χ2v) is 7.73. The molecule has 0 bridgehead atoms. The number of fused-ring (bicyclic) bond motifs is 2. The van der Waals surface area contributed by atoms with Gasteiger partial charge in [-0.25, -0.2) is 4.98 Å². The van der Waals surface area contributed by atoms with Gasteiger partial charge in [0.05, 0.1) is 11.6 Å². The molecule has 0 unspecified atom stereocenters. The van der Waals surface area contributed by atoms with Gasteiger partial charge in [-0.05, 0) is 58.5 Å². The molecule has 0 aliphatic carbocycles. The Bertz CT molecular complexity index is 1190. The third kappa shape index (κ3) is 2.50. The number of likely N-dealkylation sites (N-methyl/N-ethyl adjacent to an activating group) is 1. The largest absolute Gasteiger partial charge is 0.506 e. The van der Waals surface area contributed by atoms with E-state index in [1.54, 1.807) is 12.3 Å². The normalized spacial score (nSPS) is 18.3. The number of phenolic OH excluding ortho intramolecular Hbond substituents is 1. The van der Waals surface area contributed by atoms with E-state index in [4.69, 9.17) is 9.40 Å². The maximum Gasteiger partial charge on any atom is 0.183 e. The van der Waals surface area contributed by atoms with E-state index in [2.05, 4.69) is 26.7 Å². The van der Waals surface area contributed by atoms with E-state index in [-0.39, 0.29) is 5.75 Å². The summed E-state index contributed by atoms with van der Waals surface area (Å²) in [6, 6.07) is 5.79. The molecule has 1 aliphatic heterocycles. The number of hydrogen-bond donors (Lipinski definition) is 1. The van der Waals surface area contributed by atoms with Gasteiger partial charge >= 0.3 is 0 Å². The highest BCUT2D eigenvalue weighted by Gasteiger charge is 2.25. The van der Waals surface area contributed by atoms with Crippen LogP contribution in [0.15, 0.2) is 28.9 Å². The molecular weight excluding hydrogens is 354 g/mol. The minimum Gasteiger partial charge on any atom is -0.506 e. The van der Waals surface area contributed by atoms with E-state index in [1.165, 1.54) is 6.42 Å². The first-order valence-electron chi connectivity index (χ1n) is 9.64. The molecule has 4 heterocycles. The molecule has 5 rings (SSSR count). The second-order valence-electron chi connectivity index (χ2n) is 7.73. The third-order valence-corrected chi connectivity index (χ3v) is 5.84. The Morgan fingerprint density at radius 2 is 2.04 bits per heavy atom. The van der Waals surface area contributed by atoms with Crippen molar-refractivity contribution in [3.63, 3.8) is 0 Å². The molecular formula is C21H23N5O2. The van der Waals surface area contributed by atoms with E-state index >= 15 is 0 Å². The highest BCUT2D eigenvalue weighted by Crippen LogP contribution is 2.38. The van der Waals surface area contributed by atoms with Gasteiger partial charge in [-0.2, -0.15) is 0 Å². The van der Waals surface area contributed by atoms with Crippen molar-refractivity contribution >= 4 is 22.1 Å². The Kier molecular flexibility index (Phi) is 3.87. The first kappa shape index (κ1) is 17.2. The molecule has 1 atom stereocenters. The Labute approximate surface area is 162 Å². The Balaban J connectivity index is 1.66. The van der Waals surface area contributed by atoms with Crippen LogP contribution in [0.2, 0.25) is 0 Å². The highest BCUT2D eigenvalue weighted by molar-refractivity contribution is 5.93. The molecule has 3 aromatic heterocycles. The second kappa shape index (κ2) is 6.31. The van der Waals surface area contributed by atoms with E-state index in [9.17, 15) is 5.11 Å². The van der Waals surface area contributed by atoms with Crippen LogP contribution >= 0.6 is 0 Å². The van der Waals surface area contributed by atoms with Crippen LogP contribution in [-0.2, 0) is 0 Å². The van der Waals surface area contributed by atoms with Crippen molar-refractivity contribution in [3.05, 3.63) is 35.9 Å². The molecule has 28 heavy (non-hydrogen) atoms. The zero-order valence-corrected chi connectivity index (χ0v) is 16.3. The lowest BCUT2D eigenvalue weighted by Crippen LogP contribution is -2.34. The van der Waals surface area contributed by atoms with Gasteiger partial charge in [-0.15, -0.1) is 10.2 Å². The number of phenols is 1. The lowest BCUT2D eigenvalue weighted by Gasteiger charge is -2.31. The van der Waals surface area contributed by atoms with E-state index < -0.39 is 0 Å². The van der Waals surface area contributed by atoms with E-state index in [0.717, 1.165) is 42.1 Å². The quantitative estimate of drug-likeness (QED) is 0.572. The molecule has 1 N–H and O–H groups in total. The lowest BCUT2D eigenvalue weighted by atomic mass is 10.0. The zero-order valence-electron chi connectivity index (χ0n) is 16.3. The average molecular weight is 377 g/mol. The minimum absolute atomic E-state index is 0.160. The van der Waals surface area contributed by atoms with Gasteiger partial charge in [0.2, 0.25) is 0 Å². The predicted molar refractivity (Wildman–Crippen MR) is 107 cm³/mol. The van der Waals surface area contributed by atoms with Gasteiger partial charge in [0.1, 0.15) is 28.4 Å². The number of benzene rings is 1. The van der Waals surface area contributed by atoms with Crippen LogP contribution in [0.25, 0.3) is 33.4 Å². The summed E-state index contributed by atoms with van der Waals surface area (Å²) in [5.41, 5.74) is 4.54. The maximum absolute atomic E-state index is 10.7. The fraction of sp³-hybridized carbons (Fsp3) is 0.381. The topological polar surface area (TPSA) is 80.2 Å². The fourth-order valence-corrected chi connectivity index (χ4v) is 4.43. The van der Waals surface area contributed by atoms with Gasteiger partial charge in [0, 0.05) is 23.7 Å². The number of rotatable bonds is 2.